The van der Waals surface area contributed by atoms with Gasteiger partial charge in [0.2, 0.25) is 11.8 Å². The van der Waals surface area contributed by atoms with Crippen LogP contribution in [-0.2, 0) is 14.4 Å². The first-order valence-corrected chi connectivity index (χ1v) is 11.2. The average molecular weight is 513 g/mol. The molecule has 3 rings (SSSR count). The van der Waals surface area contributed by atoms with E-state index < -0.39 is 35.3 Å². The van der Waals surface area contributed by atoms with Crippen molar-refractivity contribution in [2.24, 2.45) is 11.0 Å². The van der Waals surface area contributed by atoms with Crippen LogP contribution in [0.2, 0.25) is 5.02 Å². The molecule has 5 amide bonds. The van der Waals surface area contributed by atoms with Crippen molar-refractivity contribution in [2.45, 2.75) is 26.4 Å². The van der Waals surface area contributed by atoms with Crippen LogP contribution in [0.3, 0.4) is 0 Å². The van der Waals surface area contributed by atoms with E-state index in [1.807, 2.05) is 0 Å². The van der Waals surface area contributed by atoms with Gasteiger partial charge in [-0.25, -0.2) is 10.2 Å². The number of imide groups is 2. The fourth-order valence-electron chi connectivity index (χ4n) is 3.39. The number of nitrogens with one attached hydrogen (secondary N) is 1. The highest BCUT2D eigenvalue weighted by Gasteiger charge is 2.44. The van der Waals surface area contributed by atoms with Crippen molar-refractivity contribution in [1.82, 2.24) is 15.2 Å². The smallest absolute Gasteiger partial charge is 0.332 e. The second-order valence-electron chi connectivity index (χ2n) is 8.68. The molecule has 0 atom stereocenters. The van der Waals surface area contributed by atoms with E-state index in [1.54, 1.807) is 48.5 Å². The van der Waals surface area contributed by atoms with Crippen molar-refractivity contribution in [3.8, 4) is 5.75 Å². The molecule has 1 saturated heterocycles. The highest BCUT2D eigenvalue weighted by Crippen LogP contribution is 2.22. The van der Waals surface area contributed by atoms with Gasteiger partial charge in [0.15, 0.2) is 17.3 Å². The molecule has 1 aliphatic rings. The van der Waals surface area contributed by atoms with Gasteiger partial charge in [0.1, 0.15) is 5.75 Å². The Bertz CT molecular complexity index is 1230. The van der Waals surface area contributed by atoms with Gasteiger partial charge in [0.25, 0.3) is 5.91 Å². The maximum atomic E-state index is 12.7. The van der Waals surface area contributed by atoms with Crippen LogP contribution >= 0.6 is 11.6 Å². The van der Waals surface area contributed by atoms with Crippen LogP contribution in [0.15, 0.2) is 53.6 Å². The molecule has 1 heterocycles. The first kappa shape index (κ1) is 26.6. The third kappa shape index (κ3) is 5.44. The molecule has 11 heteroatoms. The van der Waals surface area contributed by atoms with Gasteiger partial charge < -0.3 is 4.74 Å². The van der Waals surface area contributed by atoms with E-state index in [-0.39, 0.29) is 11.5 Å². The standard InChI is InChI=1S/C25H25ClN4O6/c1-14(19-21(32)29(4)24(35)30(5)22(19)33)27-28-23(34)25(2,3)36-18-12-8-16(9-13-18)20(31)15-6-10-17(26)11-7-15/h6-13,19H,1-5H3,(H,28,34)/b27-14+. The number of barbiturate groups is 1. The Labute approximate surface area is 212 Å². The molecule has 1 aliphatic heterocycles. The van der Waals surface area contributed by atoms with Crippen molar-refractivity contribution < 1.29 is 28.7 Å². The second-order valence-corrected chi connectivity index (χ2v) is 9.11. The summed E-state index contributed by atoms with van der Waals surface area (Å²) in [6.07, 6.45) is 0. The average Bonchev–Trinajstić information content (AvgIpc) is 2.85. The first-order chi connectivity index (χ1) is 16.8. The molecular weight excluding hydrogens is 488 g/mol. The zero-order valence-corrected chi connectivity index (χ0v) is 21.1. The third-order valence-electron chi connectivity index (χ3n) is 5.62. The molecule has 0 aliphatic carbocycles. The van der Waals surface area contributed by atoms with E-state index in [0.717, 1.165) is 9.80 Å². The Hall–Kier alpha value is -4.05. The largest absolute Gasteiger partial charge is 0.478 e. The SMILES string of the molecule is C/C(=N\NC(=O)C(C)(C)Oc1ccc(C(=O)c2ccc(Cl)cc2)cc1)C1C(=O)N(C)C(=O)N(C)C1=O. The minimum absolute atomic E-state index is 0.0189. The van der Waals surface area contributed by atoms with Gasteiger partial charge in [-0.2, -0.15) is 5.10 Å². The Morgan fingerprint density at radius 1 is 0.917 bits per heavy atom. The maximum Gasteiger partial charge on any atom is 0.332 e. The molecule has 1 N–H and O–H groups in total. The Morgan fingerprint density at radius 2 is 1.39 bits per heavy atom. The number of halogens is 1. The number of carbonyl (C=O) groups is 5. The molecule has 0 spiro atoms. The summed E-state index contributed by atoms with van der Waals surface area (Å²) >= 11 is 5.86. The van der Waals surface area contributed by atoms with Crippen molar-refractivity contribution in [1.29, 1.82) is 0 Å². The molecule has 0 aromatic heterocycles. The van der Waals surface area contributed by atoms with Crippen LogP contribution in [0.1, 0.15) is 36.7 Å². The number of hydrazone groups is 1. The molecule has 10 nitrogen and oxygen atoms in total. The van der Waals surface area contributed by atoms with Gasteiger partial charge in [-0.3, -0.25) is 29.0 Å². The molecule has 0 saturated carbocycles. The lowest BCUT2D eigenvalue weighted by Gasteiger charge is -2.32. The van der Waals surface area contributed by atoms with E-state index in [4.69, 9.17) is 16.3 Å². The predicted octanol–water partition coefficient (Wildman–Crippen LogP) is 2.89. The summed E-state index contributed by atoms with van der Waals surface area (Å²) in [4.78, 5) is 63.7. The van der Waals surface area contributed by atoms with E-state index in [1.165, 1.54) is 34.9 Å². The van der Waals surface area contributed by atoms with E-state index in [0.29, 0.717) is 21.9 Å². The van der Waals surface area contributed by atoms with Crippen LogP contribution < -0.4 is 10.2 Å². The van der Waals surface area contributed by atoms with Crippen molar-refractivity contribution in [3.63, 3.8) is 0 Å². The maximum absolute atomic E-state index is 12.7. The van der Waals surface area contributed by atoms with Crippen LogP contribution in [0, 0.1) is 5.92 Å². The molecular formula is C25H25ClN4O6. The number of ether oxygens (including phenoxy) is 1. The number of amides is 5. The number of hydrogen-bond acceptors (Lipinski definition) is 7. The molecule has 36 heavy (non-hydrogen) atoms. The number of nitrogens with zero attached hydrogens (tertiary/aromatic N) is 3. The lowest BCUT2D eigenvalue weighted by molar-refractivity contribution is -0.144. The predicted molar refractivity (Wildman–Crippen MR) is 132 cm³/mol. The van der Waals surface area contributed by atoms with Crippen molar-refractivity contribution in [2.75, 3.05) is 14.1 Å². The number of ketones is 1. The molecule has 1 fully saturated rings. The second kappa shape index (κ2) is 10.3. The lowest BCUT2D eigenvalue weighted by atomic mass is 9.99. The topological polar surface area (TPSA) is 125 Å². The van der Waals surface area contributed by atoms with Gasteiger partial charge in [0.05, 0.1) is 5.71 Å². The van der Waals surface area contributed by atoms with Crippen molar-refractivity contribution >= 4 is 46.8 Å². The Balaban J connectivity index is 1.66. The molecule has 0 unspecified atom stereocenters. The fourth-order valence-corrected chi connectivity index (χ4v) is 3.51. The number of urea groups is 1. The van der Waals surface area contributed by atoms with Gasteiger partial charge in [-0.1, -0.05) is 11.6 Å². The molecule has 188 valence electrons. The highest BCUT2D eigenvalue weighted by molar-refractivity contribution is 6.30. The monoisotopic (exact) mass is 512 g/mol. The van der Waals surface area contributed by atoms with Crippen LogP contribution in [0.25, 0.3) is 0 Å². The Morgan fingerprint density at radius 3 is 1.89 bits per heavy atom. The molecule has 2 aromatic rings. The quantitative estimate of drug-likeness (QED) is 0.263. The first-order valence-electron chi connectivity index (χ1n) is 10.9. The fraction of sp³-hybridized carbons (Fsp3) is 0.280. The highest BCUT2D eigenvalue weighted by atomic mass is 35.5. The van der Waals surface area contributed by atoms with Crippen molar-refractivity contribution in [3.05, 3.63) is 64.7 Å². The molecule has 0 bridgehead atoms. The minimum atomic E-state index is -1.39. The van der Waals surface area contributed by atoms with E-state index >= 15 is 0 Å². The van der Waals surface area contributed by atoms with Gasteiger partial charge in [0, 0.05) is 30.2 Å². The van der Waals surface area contributed by atoms with Crippen LogP contribution in [0.4, 0.5) is 4.79 Å². The van der Waals surface area contributed by atoms with Gasteiger partial charge in [-0.15, -0.1) is 0 Å². The van der Waals surface area contributed by atoms with Gasteiger partial charge >= 0.3 is 6.03 Å². The number of hydrogen-bond donors (Lipinski definition) is 1. The summed E-state index contributed by atoms with van der Waals surface area (Å²) in [5, 5.41) is 4.43. The lowest BCUT2D eigenvalue weighted by Crippen LogP contribution is -2.58. The van der Waals surface area contributed by atoms with E-state index in [9.17, 15) is 24.0 Å². The molecule has 0 radical (unpaired) electrons. The summed E-state index contributed by atoms with van der Waals surface area (Å²) in [5.74, 6) is -3.29. The van der Waals surface area contributed by atoms with E-state index in [2.05, 4.69) is 10.5 Å². The number of carbonyl (C=O) groups excluding carboxylic acids is 5. The summed E-state index contributed by atoms with van der Waals surface area (Å²) < 4.78 is 5.78. The minimum Gasteiger partial charge on any atom is -0.478 e. The van der Waals surface area contributed by atoms with Crippen LogP contribution in [0.5, 0.6) is 5.75 Å². The third-order valence-corrected chi connectivity index (χ3v) is 5.88. The summed E-state index contributed by atoms with van der Waals surface area (Å²) in [5.41, 5.74) is 1.85. The summed E-state index contributed by atoms with van der Waals surface area (Å²) in [6, 6.07) is 12.1. The van der Waals surface area contributed by atoms with Gasteiger partial charge in [-0.05, 0) is 69.3 Å². The number of rotatable bonds is 7. The summed E-state index contributed by atoms with van der Waals surface area (Å²) in [7, 11) is 2.52. The zero-order chi connectivity index (χ0) is 26.8. The zero-order valence-electron chi connectivity index (χ0n) is 20.4. The normalized spacial score (nSPS) is 15.3. The Kier molecular flexibility index (Phi) is 7.59. The van der Waals surface area contributed by atoms with Crippen LogP contribution in [-0.4, -0.2) is 64.7 Å². The summed E-state index contributed by atoms with van der Waals surface area (Å²) in [6.45, 7) is 4.43. The number of benzene rings is 2. The molecule has 2 aromatic carbocycles.